The van der Waals surface area contributed by atoms with Gasteiger partial charge in [0.1, 0.15) is 0 Å². The van der Waals surface area contributed by atoms with Crippen molar-refractivity contribution in [2.24, 2.45) is 5.73 Å². The average Bonchev–Trinajstić information content (AvgIpc) is 2.57. The maximum absolute atomic E-state index is 12.1. The van der Waals surface area contributed by atoms with Gasteiger partial charge >= 0.3 is 0 Å². The number of carbonyl (C=O) groups is 2. The van der Waals surface area contributed by atoms with Crippen molar-refractivity contribution in [2.75, 3.05) is 30.4 Å². The molecule has 0 saturated carbocycles. The number of halogens is 2. The predicted octanol–water partition coefficient (Wildman–Crippen LogP) is 1.78. The number of hydrogen-bond acceptors (Lipinski definition) is 4. The lowest BCUT2D eigenvalue weighted by Crippen LogP contribution is -2.29. The van der Waals surface area contributed by atoms with Crippen LogP contribution in [0.2, 0.25) is 0 Å². The first-order chi connectivity index (χ1) is 9.97. The van der Waals surface area contributed by atoms with E-state index in [1.165, 1.54) is 0 Å². The molecule has 0 saturated heterocycles. The molecule has 0 bridgehead atoms. The van der Waals surface area contributed by atoms with E-state index >= 15 is 0 Å². The Morgan fingerprint density at radius 1 is 1.43 bits per heavy atom. The monoisotopic (exact) mass is 362 g/mol. The van der Waals surface area contributed by atoms with Crippen LogP contribution in [-0.4, -0.2) is 38.0 Å². The Kier molecular flexibility index (Phi) is 8.97. The highest BCUT2D eigenvalue weighted by molar-refractivity contribution is 6.00. The molecule has 6 nitrogen and oxygen atoms in total. The molecule has 1 aromatic carbocycles. The van der Waals surface area contributed by atoms with E-state index in [0.717, 1.165) is 12.1 Å². The van der Waals surface area contributed by atoms with Crippen LogP contribution in [-0.2, 0) is 4.79 Å². The minimum absolute atomic E-state index is 0. The largest absolute Gasteiger partial charge is 0.372 e. The quantitative estimate of drug-likeness (QED) is 0.761. The second-order valence-corrected chi connectivity index (χ2v) is 5.47. The van der Waals surface area contributed by atoms with Crippen LogP contribution in [0.5, 0.6) is 0 Å². The summed E-state index contributed by atoms with van der Waals surface area (Å²) < 4.78 is 0. The van der Waals surface area contributed by atoms with Crippen molar-refractivity contribution in [3.63, 3.8) is 0 Å². The number of amides is 2. The van der Waals surface area contributed by atoms with Crippen LogP contribution in [0.1, 0.15) is 30.1 Å². The molecule has 1 aliphatic heterocycles. The first-order valence-electron chi connectivity index (χ1n) is 7.16. The lowest BCUT2D eigenvalue weighted by molar-refractivity contribution is -0.115. The molecular formula is C15H24Cl2N4O2. The van der Waals surface area contributed by atoms with Crippen LogP contribution in [0.15, 0.2) is 18.2 Å². The standard InChI is InChI=1S/C15H22N4O2.2ClH/c1-10(16)5-7-17-15(21)11-3-4-13-12(9-11)18-14(20)6-8-19(13)2;;/h3-4,9-10H,5-8,16H2,1-2H3,(H,17,21)(H,18,20);2*1H. The van der Waals surface area contributed by atoms with Crippen LogP contribution < -0.4 is 21.3 Å². The van der Waals surface area contributed by atoms with Crippen molar-refractivity contribution < 1.29 is 9.59 Å². The minimum atomic E-state index is -0.153. The highest BCUT2D eigenvalue weighted by Gasteiger charge is 2.18. The summed E-state index contributed by atoms with van der Waals surface area (Å²) >= 11 is 0. The normalized spacial score (nSPS) is 14.4. The first-order valence-corrected chi connectivity index (χ1v) is 7.16. The predicted molar refractivity (Wildman–Crippen MR) is 98.1 cm³/mol. The molecule has 1 unspecified atom stereocenters. The van der Waals surface area contributed by atoms with Crippen LogP contribution >= 0.6 is 24.8 Å². The van der Waals surface area contributed by atoms with Crippen LogP contribution in [0.3, 0.4) is 0 Å². The Morgan fingerprint density at radius 2 is 2.13 bits per heavy atom. The van der Waals surface area contributed by atoms with E-state index in [0.29, 0.717) is 30.8 Å². The Labute approximate surface area is 149 Å². The van der Waals surface area contributed by atoms with Crippen LogP contribution in [0.4, 0.5) is 11.4 Å². The fourth-order valence-corrected chi connectivity index (χ4v) is 2.23. The minimum Gasteiger partial charge on any atom is -0.372 e. The molecule has 1 aliphatic rings. The van der Waals surface area contributed by atoms with Crippen molar-refractivity contribution in [1.82, 2.24) is 5.32 Å². The molecule has 130 valence electrons. The Balaban J connectivity index is 0.00000242. The third-order valence-corrected chi connectivity index (χ3v) is 3.50. The van der Waals surface area contributed by atoms with Crippen molar-refractivity contribution >= 4 is 48.0 Å². The number of hydrogen-bond donors (Lipinski definition) is 3. The maximum atomic E-state index is 12.1. The fraction of sp³-hybridized carbons (Fsp3) is 0.467. The van der Waals surface area contributed by atoms with Crippen molar-refractivity contribution in [1.29, 1.82) is 0 Å². The molecule has 0 fully saturated rings. The highest BCUT2D eigenvalue weighted by Crippen LogP contribution is 2.28. The summed E-state index contributed by atoms with van der Waals surface area (Å²) in [6, 6.07) is 5.41. The summed E-state index contributed by atoms with van der Waals surface area (Å²) in [6.07, 6.45) is 1.18. The molecule has 2 amide bonds. The summed E-state index contributed by atoms with van der Waals surface area (Å²) in [5, 5.41) is 5.67. The molecule has 8 heteroatoms. The fourth-order valence-electron chi connectivity index (χ4n) is 2.23. The van der Waals surface area contributed by atoms with Gasteiger partial charge in [-0.1, -0.05) is 0 Å². The van der Waals surface area contributed by atoms with Gasteiger partial charge in [0.2, 0.25) is 5.91 Å². The summed E-state index contributed by atoms with van der Waals surface area (Å²) in [6.45, 7) is 3.11. The van der Waals surface area contributed by atoms with Gasteiger partial charge in [-0.2, -0.15) is 0 Å². The van der Waals surface area contributed by atoms with Gasteiger partial charge in [0, 0.05) is 38.2 Å². The third kappa shape index (κ3) is 5.89. The zero-order valence-corrected chi connectivity index (χ0v) is 14.9. The zero-order valence-electron chi connectivity index (χ0n) is 13.3. The molecule has 0 aromatic heterocycles. The number of nitrogens with one attached hydrogen (secondary N) is 2. The van der Waals surface area contributed by atoms with Crippen molar-refractivity contribution in [2.45, 2.75) is 25.8 Å². The number of anilines is 2. The second kappa shape index (κ2) is 9.60. The molecule has 1 heterocycles. The number of benzene rings is 1. The number of rotatable bonds is 4. The summed E-state index contributed by atoms with van der Waals surface area (Å²) in [7, 11) is 1.93. The highest BCUT2D eigenvalue weighted by atomic mass is 35.5. The van der Waals surface area contributed by atoms with Gasteiger partial charge in [-0.15, -0.1) is 24.8 Å². The first kappa shape index (κ1) is 21.5. The number of carbonyl (C=O) groups excluding carboxylic acids is 2. The van der Waals surface area contributed by atoms with E-state index in [-0.39, 0.29) is 42.7 Å². The summed E-state index contributed by atoms with van der Waals surface area (Å²) in [5.74, 6) is -0.185. The summed E-state index contributed by atoms with van der Waals surface area (Å²) in [4.78, 5) is 25.8. The zero-order chi connectivity index (χ0) is 15.4. The smallest absolute Gasteiger partial charge is 0.251 e. The Morgan fingerprint density at radius 3 is 2.78 bits per heavy atom. The Bertz CT molecular complexity index is 552. The van der Waals surface area contributed by atoms with E-state index in [9.17, 15) is 9.59 Å². The van der Waals surface area contributed by atoms with E-state index in [2.05, 4.69) is 10.6 Å². The van der Waals surface area contributed by atoms with Crippen molar-refractivity contribution in [3.8, 4) is 0 Å². The lowest BCUT2D eigenvalue weighted by atomic mass is 10.1. The summed E-state index contributed by atoms with van der Waals surface area (Å²) in [5.41, 5.74) is 7.79. The lowest BCUT2D eigenvalue weighted by Gasteiger charge is -2.18. The van der Waals surface area contributed by atoms with E-state index < -0.39 is 0 Å². The van der Waals surface area contributed by atoms with Gasteiger partial charge in [-0.25, -0.2) is 0 Å². The molecule has 2 rings (SSSR count). The topological polar surface area (TPSA) is 87.5 Å². The molecule has 23 heavy (non-hydrogen) atoms. The molecular weight excluding hydrogens is 339 g/mol. The molecule has 4 N–H and O–H groups in total. The molecule has 0 radical (unpaired) electrons. The van der Waals surface area contributed by atoms with E-state index in [1.807, 2.05) is 24.9 Å². The van der Waals surface area contributed by atoms with Gasteiger partial charge in [-0.05, 0) is 31.5 Å². The average molecular weight is 363 g/mol. The van der Waals surface area contributed by atoms with Crippen LogP contribution in [0, 0.1) is 0 Å². The molecule has 0 spiro atoms. The van der Waals surface area contributed by atoms with Gasteiger partial charge < -0.3 is 21.3 Å². The second-order valence-electron chi connectivity index (χ2n) is 5.47. The SMILES string of the molecule is CC(N)CCNC(=O)c1ccc2c(c1)NC(=O)CCN2C.Cl.Cl. The van der Waals surface area contributed by atoms with Crippen LogP contribution in [0.25, 0.3) is 0 Å². The molecule has 1 atom stereocenters. The number of nitrogens with two attached hydrogens (primary N) is 1. The van der Waals surface area contributed by atoms with Gasteiger partial charge in [0.25, 0.3) is 5.91 Å². The Hall–Kier alpha value is -1.50. The third-order valence-electron chi connectivity index (χ3n) is 3.50. The number of fused-ring (bicyclic) bond motifs is 1. The molecule has 0 aliphatic carbocycles. The van der Waals surface area contributed by atoms with Gasteiger partial charge in [0.15, 0.2) is 0 Å². The van der Waals surface area contributed by atoms with Gasteiger partial charge in [0.05, 0.1) is 11.4 Å². The maximum Gasteiger partial charge on any atom is 0.251 e. The van der Waals surface area contributed by atoms with Crippen molar-refractivity contribution in [3.05, 3.63) is 23.8 Å². The molecule has 1 aromatic rings. The van der Waals surface area contributed by atoms with E-state index in [1.54, 1.807) is 12.1 Å². The van der Waals surface area contributed by atoms with E-state index in [4.69, 9.17) is 5.73 Å². The number of nitrogens with zero attached hydrogens (tertiary/aromatic N) is 1. The van der Waals surface area contributed by atoms with Gasteiger partial charge in [-0.3, -0.25) is 9.59 Å².